The van der Waals surface area contributed by atoms with Crippen LogP contribution in [0.5, 0.6) is 0 Å². The minimum Gasteiger partial charge on any atom is -0.444 e. The first-order valence-corrected chi connectivity index (χ1v) is 9.06. The topological polar surface area (TPSA) is 58.6 Å². The number of carbonyl (C=O) groups excluding carboxylic acids is 2. The van der Waals surface area contributed by atoms with Crippen molar-refractivity contribution in [1.29, 1.82) is 0 Å². The van der Waals surface area contributed by atoms with Crippen molar-refractivity contribution in [3.05, 3.63) is 35.9 Å². The number of hydrogen-bond acceptors (Lipinski definition) is 3. The third kappa shape index (κ3) is 6.77. The van der Waals surface area contributed by atoms with Crippen molar-refractivity contribution in [3.63, 3.8) is 0 Å². The van der Waals surface area contributed by atoms with Crippen molar-refractivity contribution < 1.29 is 14.3 Å². The van der Waals surface area contributed by atoms with Crippen LogP contribution in [-0.2, 0) is 16.1 Å². The minimum atomic E-state index is -0.534. The fourth-order valence-corrected chi connectivity index (χ4v) is 2.80. The Bertz CT molecular complexity index is 576. The summed E-state index contributed by atoms with van der Waals surface area (Å²) >= 11 is 0. The Labute approximate surface area is 150 Å². The van der Waals surface area contributed by atoms with Gasteiger partial charge in [-0.3, -0.25) is 4.79 Å². The Balaban J connectivity index is 1.88. The van der Waals surface area contributed by atoms with E-state index in [2.05, 4.69) is 12.2 Å². The first kappa shape index (κ1) is 19.3. The molecule has 0 radical (unpaired) electrons. The van der Waals surface area contributed by atoms with Gasteiger partial charge in [0.25, 0.3) is 0 Å². The number of benzene rings is 1. The van der Waals surface area contributed by atoms with E-state index in [9.17, 15) is 9.59 Å². The van der Waals surface area contributed by atoms with Gasteiger partial charge in [-0.2, -0.15) is 0 Å². The number of nitrogens with one attached hydrogen (secondary N) is 1. The maximum absolute atomic E-state index is 12.7. The van der Waals surface area contributed by atoms with Gasteiger partial charge in [0.05, 0.1) is 0 Å². The highest BCUT2D eigenvalue weighted by Crippen LogP contribution is 2.35. The molecule has 0 aromatic heterocycles. The van der Waals surface area contributed by atoms with Crippen LogP contribution in [0.2, 0.25) is 0 Å². The fourth-order valence-electron chi connectivity index (χ4n) is 2.80. The predicted molar refractivity (Wildman–Crippen MR) is 98.0 cm³/mol. The lowest BCUT2D eigenvalue weighted by Gasteiger charge is -2.30. The van der Waals surface area contributed by atoms with Crippen molar-refractivity contribution >= 4 is 12.0 Å². The summed E-state index contributed by atoms with van der Waals surface area (Å²) in [5, 5.41) is 2.66. The van der Waals surface area contributed by atoms with E-state index in [-0.39, 0.29) is 24.9 Å². The van der Waals surface area contributed by atoms with E-state index in [1.807, 2.05) is 56.0 Å². The molecule has 0 bridgehead atoms. The van der Waals surface area contributed by atoms with Gasteiger partial charge < -0.3 is 15.0 Å². The lowest BCUT2D eigenvalue weighted by molar-refractivity contribution is -0.134. The summed E-state index contributed by atoms with van der Waals surface area (Å²) in [5.74, 6) is 0.672. The van der Waals surface area contributed by atoms with Crippen molar-refractivity contribution in [2.45, 2.75) is 65.1 Å². The van der Waals surface area contributed by atoms with Crippen LogP contribution in [0.1, 0.15) is 52.5 Å². The smallest absolute Gasteiger partial charge is 0.407 e. The second kappa shape index (κ2) is 8.37. The SMILES string of the molecule is CC(C1CC1)N(Cc1ccccc1)C(=O)CCNC(=O)OC(C)(C)C. The second-order valence-electron chi connectivity index (χ2n) is 7.76. The molecule has 2 rings (SSSR count). The van der Waals surface area contributed by atoms with Crippen LogP contribution in [0.3, 0.4) is 0 Å². The molecule has 0 heterocycles. The van der Waals surface area contributed by atoms with E-state index < -0.39 is 11.7 Å². The number of ether oxygens (including phenoxy) is 1. The van der Waals surface area contributed by atoms with Gasteiger partial charge in [0.15, 0.2) is 0 Å². The van der Waals surface area contributed by atoms with Crippen LogP contribution in [0.4, 0.5) is 4.79 Å². The Hall–Kier alpha value is -2.04. The highest BCUT2D eigenvalue weighted by atomic mass is 16.6. The van der Waals surface area contributed by atoms with Crippen molar-refractivity contribution in [1.82, 2.24) is 10.2 Å². The molecule has 1 saturated carbocycles. The van der Waals surface area contributed by atoms with E-state index in [0.29, 0.717) is 12.5 Å². The van der Waals surface area contributed by atoms with Crippen molar-refractivity contribution in [2.75, 3.05) is 6.54 Å². The number of amides is 2. The summed E-state index contributed by atoms with van der Waals surface area (Å²) < 4.78 is 5.20. The Morgan fingerprint density at radius 3 is 2.44 bits per heavy atom. The summed E-state index contributed by atoms with van der Waals surface area (Å²) in [4.78, 5) is 26.4. The molecule has 1 aromatic carbocycles. The quantitative estimate of drug-likeness (QED) is 0.818. The second-order valence-corrected chi connectivity index (χ2v) is 7.76. The molecule has 1 aliphatic carbocycles. The van der Waals surface area contributed by atoms with Crippen LogP contribution in [0.25, 0.3) is 0 Å². The monoisotopic (exact) mass is 346 g/mol. The molecule has 1 aliphatic rings. The Morgan fingerprint density at radius 1 is 1.24 bits per heavy atom. The van der Waals surface area contributed by atoms with E-state index in [1.165, 1.54) is 12.8 Å². The fraction of sp³-hybridized carbons (Fsp3) is 0.600. The lowest BCUT2D eigenvalue weighted by atomic mass is 10.1. The van der Waals surface area contributed by atoms with Crippen LogP contribution in [0.15, 0.2) is 30.3 Å². The maximum atomic E-state index is 12.7. The van der Waals surface area contributed by atoms with Gasteiger partial charge in [0.2, 0.25) is 5.91 Å². The molecule has 5 nitrogen and oxygen atoms in total. The Kier molecular flexibility index (Phi) is 6.45. The molecule has 5 heteroatoms. The molecule has 0 saturated heterocycles. The number of hydrogen-bond donors (Lipinski definition) is 1. The largest absolute Gasteiger partial charge is 0.444 e. The molecule has 1 atom stereocenters. The van der Waals surface area contributed by atoms with Gasteiger partial charge in [0, 0.05) is 25.6 Å². The molecule has 0 aliphatic heterocycles. The van der Waals surface area contributed by atoms with Gasteiger partial charge in [-0.1, -0.05) is 30.3 Å². The van der Waals surface area contributed by atoms with Crippen LogP contribution >= 0.6 is 0 Å². The molecule has 1 N–H and O–H groups in total. The van der Waals surface area contributed by atoms with Gasteiger partial charge in [-0.05, 0) is 52.0 Å². The highest BCUT2D eigenvalue weighted by Gasteiger charge is 2.34. The summed E-state index contributed by atoms with van der Waals surface area (Å²) in [6, 6.07) is 10.3. The molecular weight excluding hydrogens is 316 g/mol. The average Bonchev–Trinajstić information content (AvgIpc) is 3.36. The van der Waals surface area contributed by atoms with Gasteiger partial charge in [-0.25, -0.2) is 4.79 Å². The molecule has 0 spiro atoms. The highest BCUT2D eigenvalue weighted by molar-refractivity contribution is 5.77. The predicted octanol–water partition coefficient (Wildman–Crippen LogP) is 3.73. The summed E-state index contributed by atoms with van der Waals surface area (Å²) in [5.41, 5.74) is 0.594. The van der Waals surface area contributed by atoms with E-state index in [1.54, 1.807) is 0 Å². The molecule has 1 aromatic rings. The number of carbonyl (C=O) groups is 2. The summed E-state index contributed by atoms with van der Waals surface area (Å²) in [6.45, 7) is 8.48. The molecule has 25 heavy (non-hydrogen) atoms. The van der Waals surface area contributed by atoms with Crippen LogP contribution in [0, 0.1) is 5.92 Å². The molecule has 1 fully saturated rings. The Morgan fingerprint density at radius 2 is 1.88 bits per heavy atom. The zero-order valence-corrected chi connectivity index (χ0v) is 15.7. The number of alkyl carbamates (subject to hydrolysis) is 1. The number of rotatable bonds is 7. The van der Waals surface area contributed by atoms with Crippen molar-refractivity contribution in [2.24, 2.45) is 5.92 Å². The van der Waals surface area contributed by atoms with E-state index in [0.717, 1.165) is 5.56 Å². The summed E-state index contributed by atoms with van der Waals surface area (Å²) in [7, 11) is 0. The number of nitrogens with zero attached hydrogens (tertiary/aromatic N) is 1. The molecule has 138 valence electrons. The zero-order chi connectivity index (χ0) is 18.4. The van der Waals surface area contributed by atoms with Crippen molar-refractivity contribution in [3.8, 4) is 0 Å². The summed E-state index contributed by atoms with van der Waals surface area (Å²) in [6.07, 6.45) is 2.18. The van der Waals surface area contributed by atoms with Gasteiger partial charge in [-0.15, -0.1) is 0 Å². The third-order valence-corrected chi connectivity index (χ3v) is 4.32. The molecule has 1 unspecified atom stereocenters. The average molecular weight is 346 g/mol. The first-order valence-electron chi connectivity index (χ1n) is 9.06. The normalized spacial score (nSPS) is 15.4. The van der Waals surface area contributed by atoms with Crippen LogP contribution in [-0.4, -0.2) is 35.1 Å². The molecule has 2 amide bonds. The van der Waals surface area contributed by atoms with Crippen LogP contribution < -0.4 is 5.32 Å². The minimum absolute atomic E-state index is 0.0688. The lowest BCUT2D eigenvalue weighted by Crippen LogP contribution is -2.41. The first-order chi connectivity index (χ1) is 11.8. The third-order valence-electron chi connectivity index (χ3n) is 4.32. The zero-order valence-electron chi connectivity index (χ0n) is 15.7. The van der Waals surface area contributed by atoms with E-state index >= 15 is 0 Å². The van der Waals surface area contributed by atoms with E-state index in [4.69, 9.17) is 4.74 Å². The maximum Gasteiger partial charge on any atom is 0.407 e. The van der Waals surface area contributed by atoms with Gasteiger partial charge in [0.1, 0.15) is 5.60 Å². The molecular formula is C20H30N2O3. The van der Waals surface area contributed by atoms with Gasteiger partial charge >= 0.3 is 6.09 Å². The standard InChI is InChI=1S/C20H30N2O3/c1-15(17-10-11-17)22(14-16-8-6-5-7-9-16)18(23)12-13-21-19(24)25-20(2,3)4/h5-9,15,17H,10-14H2,1-4H3,(H,21,24).